The minimum Gasteiger partial charge on any atom is -0.495 e. The third-order valence-electron chi connectivity index (χ3n) is 4.84. The van der Waals surface area contributed by atoms with Crippen molar-refractivity contribution in [3.63, 3.8) is 0 Å². The number of sulfonamides is 1. The summed E-state index contributed by atoms with van der Waals surface area (Å²) in [6.45, 7) is 1.02. The van der Waals surface area contributed by atoms with Gasteiger partial charge in [-0.2, -0.15) is 4.72 Å². The Hall–Kier alpha value is -2.13. The Morgan fingerprint density at radius 3 is 2.70 bits per heavy atom. The second-order valence-electron chi connectivity index (χ2n) is 7.04. The minimum absolute atomic E-state index is 0.0454. The summed E-state index contributed by atoms with van der Waals surface area (Å²) in [4.78, 5) is 12.8. The summed E-state index contributed by atoms with van der Waals surface area (Å²) < 4.78 is 39.4. The van der Waals surface area contributed by atoms with E-state index in [1.54, 1.807) is 0 Å². The molecule has 0 aliphatic carbocycles. The largest absolute Gasteiger partial charge is 0.495 e. The molecule has 1 fully saturated rings. The predicted molar refractivity (Wildman–Crippen MR) is 114 cm³/mol. The van der Waals surface area contributed by atoms with Gasteiger partial charge in [0.05, 0.1) is 13.2 Å². The van der Waals surface area contributed by atoms with Crippen LogP contribution in [0.15, 0.2) is 53.4 Å². The van der Waals surface area contributed by atoms with E-state index in [4.69, 9.17) is 21.1 Å². The first-order valence-corrected chi connectivity index (χ1v) is 11.5. The monoisotopic (exact) mass is 452 g/mol. The number of hydrogen-bond acceptors (Lipinski definition) is 5. The van der Waals surface area contributed by atoms with Crippen LogP contribution in [0.2, 0.25) is 5.02 Å². The highest BCUT2D eigenvalue weighted by Gasteiger charge is 2.29. The Labute approximate surface area is 181 Å². The van der Waals surface area contributed by atoms with E-state index in [0.717, 1.165) is 18.4 Å². The smallest absolute Gasteiger partial charge is 0.245 e. The summed E-state index contributed by atoms with van der Waals surface area (Å²) in [5.41, 5.74) is 0.829. The molecule has 0 saturated carbocycles. The maximum absolute atomic E-state index is 13.1. The highest BCUT2D eigenvalue weighted by molar-refractivity contribution is 7.89. The summed E-state index contributed by atoms with van der Waals surface area (Å²) >= 11 is 5.99. The molecule has 1 aliphatic heterocycles. The molecule has 2 unspecified atom stereocenters. The number of benzene rings is 2. The summed E-state index contributed by atoms with van der Waals surface area (Å²) in [5, 5.41) is 3.06. The number of rotatable bonds is 9. The average molecular weight is 453 g/mol. The number of amides is 1. The van der Waals surface area contributed by atoms with E-state index in [2.05, 4.69) is 10.0 Å². The van der Waals surface area contributed by atoms with Gasteiger partial charge in [0.25, 0.3) is 0 Å². The number of halogens is 1. The molecule has 2 atom stereocenters. The van der Waals surface area contributed by atoms with Crippen molar-refractivity contribution in [3.05, 3.63) is 59.1 Å². The molecule has 2 aromatic rings. The molecular formula is C21H25ClN2O5S. The lowest BCUT2D eigenvalue weighted by Crippen LogP contribution is -2.49. The van der Waals surface area contributed by atoms with Gasteiger partial charge < -0.3 is 14.8 Å². The summed E-state index contributed by atoms with van der Waals surface area (Å²) in [6, 6.07) is 12.5. The van der Waals surface area contributed by atoms with Crippen LogP contribution in [-0.2, 0) is 26.0 Å². The van der Waals surface area contributed by atoms with Crippen LogP contribution in [0.5, 0.6) is 5.75 Å². The van der Waals surface area contributed by atoms with Gasteiger partial charge in [-0.25, -0.2) is 8.42 Å². The molecule has 0 radical (unpaired) electrons. The van der Waals surface area contributed by atoms with E-state index < -0.39 is 22.0 Å². The second-order valence-corrected chi connectivity index (χ2v) is 9.16. The minimum atomic E-state index is -4.08. The van der Waals surface area contributed by atoms with Gasteiger partial charge in [-0.05, 0) is 43.0 Å². The summed E-state index contributed by atoms with van der Waals surface area (Å²) in [7, 11) is -2.71. The Morgan fingerprint density at radius 1 is 1.27 bits per heavy atom. The van der Waals surface area contributed by atoms with Crippen molar-refractivity contribution in [3.8, 4) is 5.75 Å². The normalized spacial score (nSPS) is 17.5. The molecule has 30 heavy (non-hydrogen) atoms. The van der Waals surface area contributed by atoms with Gasteiger partial charge >= 0.3 is 0 Å². The van der Waals surface area contributed by atoms with Crippen molar-refractivity contribution in [2.75, 3.05) is 20.3 Å². The highest BCUT2D eigenvalue weighted by Crippen LogP contribution is 2.27. The number of ether oxygens (including phenoxy) is 2. The fourth-order valence-corrected chi connectivity index (χ4v) is 4.92. The van der Waals surface area contributed by atoms with Crippen molar-refractivity contribution < 1.29 is 22.7 Å². The van der Waals surface area contributed by atoms with E-state index in [9.17, 15) is 13.2 Å². The number of nitrogens with one attached hydrogen (secondary N) is 2. The molecule has 9 heteroatoms. The average Bonchev–Trinajstić information content (AvgIpc) is 3.26. The Morgan fingerprint density at radius 2 is 2.03 bits per heavy atom. The van der Waals surface area contributed by atoms with E-state index in [0.29, 0.717) is 13.2 Å². The molecule has 7 nitrogen and oxygen atoms in total. The Bertz CT molecular complexity index is 963. The second kappa shape index (κ2) is 10.3. The van der Waals surface area contributed by atoms with Gasteiger partial charge in [-0.3, -0.25) is 4.79 Å². The van der Waals surface area contributed by atoms with Crippen LogP contribution in [0, 0.1) is 0 Å². The molecule has 0 aromatic heterocycles. The molecule has 0 bridgehead atoms. The predicted octanol–water partition coefficient (Wildman–Crippen LogP) is 2.53. The van der Waals surface area contributed by atoms with Crippen LogP contribution < -0.4 is 14.8 Å². The molecule has 2 N–H and O–H groups in total. The van der Waals surface area contributed by atoms with Gasteiger partial charge in [-0.15, -0.1) is 0 Å². The zero-order valence-corrected chi connectivity index (χ0v) is 18.2. The zero-order valence-electron chi connectivity index (χ0n) is 16.6. The number of carbonyl (C=O) groups is 1. The van der Waals surface area contributed by atoms with Gasteiger partial charge in [-0.1, -0.05) is 41.9 Å². The third-order valence-corrected chi connectivity index (χ3v) is 6.57. The number of hydrogen-bond donors (Lipinski definition) is 2. The first-order valence-electron chi connectivity index (χ1n) is 9.68. The van der Waals surface area contributed by atoms with Crippen LogP contribution in [0.1, 0.15) is 18.4 Å². The SMILES string of the molecule is COc1ccc(Cl)cc1S(=O)(=O)NC(Cc1ccccc1)C(=O)NCC1CCCO1. The molecule has 2 aromatic carbocycles. The third kappa shape index (κ3) is 5.95. The lowest BCUT2D eigenvalue weighted by Gasteiger charge is -2.20. The van der Waals surface area contributed by atoms with Crippen LogP contribution in [0.4, 0.5) is 0 Å². The maximum atomic E-state index is 13.1. The van der Waals surface area contributed by atoms with E-state index >= 15 is 0 Å². The fourth-order valence-electron chi connectivity index (χ4n) is 3.29. The Balaban J connectivity index is 1.81. The van der Waals surface area contributed by atoms with Crippen LogP contribution in [0.25, 0.3) is 0 Å². The highest BCUT2D eigenvalue weighted by atomic mass is 35.5. The van der Waals surface area contributed by atoms with Gasteiger partial charge in [0.15, 0.2) is 0 Å². The maximum Gasteiger partial charge on any atom is 0.245 e. The zero-order chi connectivity index (χ0) is 21.6. The van der Waals surface area contributed by atoms with Gasteiger partial charge in [0.1, 0.15) is 16.7 Å². The first kappa shape index (κ1) is 22.6. The topological polar surface area (TPSA) is 93.7 Å². The number of carbonyl (C=O) groups excluding carboxylic acids is 1. The van der Waals surface area contributed by atoms with Gasteiger partial charge in [0.2, 0.25) is 15.9 Å². The molecule has 1 heterocycles. The molecular weight excluding hydrogens is 428 g/mol. The molecule has 162 valence electrons. The lowest BCUT2D eigenvalue weighted by molar-refractivity contribution is -0.123. The summed E-state index contributed by atoms with van der Waals surface area (Å²) in [5.74, 6) is -0.274. The number of methoxy groups -OCH3 is 1. The van der Waals surface area contributed by atoms with Crippen molar-refractivity contribution in [1.29, 1.82) is 0 Å². The van der Waals surface area contributed by atoms with Gasteiger partial charge in [0, 0.05) is 18.2 Å². The summed E-state index contributed by atoms with van der Waals surface area (Å²) in [6.07, 6.45) is 1.97. The Kier molecular flexibility index (Phi) is 7.71. The van der Waals surface area contributed by atoms with Crippen molar-refractivity contribution in [2.45, 2.75) is 36.3 Å². The van der Waals surface area contributed by atoms with Crippen LogP contribution in [-0.4, -0.2) is 46.7 Å². The van der Waals surface area contributed by atoms with Crippen LogP contribution in [0.3, 0.4) is 0 Å². The van der Waals surface area contributed by atoms with E-state index in [1.165, 1.54) is 25.3 Å². The lowest BCUT2D eigenvalue weighted by atomic mass is 10.1. The molecule has 0 spiro atoms. The fraction of sp³-hybridized carbons (Fsp3) is 0.381. The first-order chi connectivity index (χ1) is 14.4. The van der Waals surface area contributed by atoms with E-state index in [1.807, 2.05) is 30.3 Å². The van der Waals surface area contributed by atoms with Crippen molar-refractivity contribution >= 4 is 27.5 Å². The molecule has 1 aliphatic rings. The molecule has 1 amide bonds. The standard InChI is InChI=1S/C21H25ClN2O5S/c1-28-19-10-9-16(22)13-20(19)30(26,27)24-18(12-15-6-3-2-4-7-15)21(25)23-14-17-8-5-11-29-17/h2-4,6-7,9-10,13,17-18,24H,5,8,11-12,14H2,1H3,(H,23,25). The van der Waals surface area contributed by atoms with Crippen molar-refractivity contribution in [1.82, 2.24) is 10.0 Å². The molecule has 3 rings (SSSR count). The quantitative estimate of drug-likeness (QED) is 0.609. The van der Waals surface area contributed by atoms with Crippen molar-refractivity contribution in [2.24, 2.45) is 0 Å². The van der Waals surface area contributed by atoms with Crippen LogP contribution >= 0.6 is 11.6 Å². The molecule has 1 saturated heterocycles. The van der Waals surface area contributed by atoms with E-state index in [-0.39, 0.29) is 28.2 Å².